The zero-order chi connectivity index (χ0) is 25.6. The van der Waals surface area contributed by atoms with Crippen LogP contribution in [0.4, 0.5) is 0 Å². The molecule has 2 heterocycles. The van der Waals surface area contributed by atoms with E-state index in [1.165, 1.54) is 74.1 Å². The van der Waals surface area contributed by atoms with Crippen LogP contribution in [0.3, 0.4) is 0 Å². The molecule has 0 radical (unpaired) electrons. The van der Waals surface area contributed by atoms with Crippen molar-refractivity contribution in [2.24, 2.45) is 0 Å². The first-order chi connectivity index (χ1) is 18.7. The fourth-order valence-corrected chi connectivity index (χ4v) is 8.09. The summed E-state index contributed by atoms with van der Waals surface area (Å²) in [4.78, 5) is 5.32. The van der Waals surface area contributed by atoms with Crippen molar-refractivity contribution in [3.63, 3.8) is 0 Å². The van der Waals surface area contributed by atoms with E-state index in [1.807, 2.05) is 22.7 Å². The van der Waals surface area contributed by atoms with Crippen molar-refractivity contribution in [2.75, 3.05) is 0 Å². The summed E-state index contributed by atoms with van der Waals surface area (Å²) in [6.45, 7) is 4.56. The van der Waals surface area contributed by atoms with Crippen LogP contribution in [-0.4, -0.2) is 0 Å². The number of benzene rings is 5. The molecule has 0 fully saturated rings. The molecule has 38 heavy (non-hydrogen) atoms. The molecule has 184 valence electrons. The summed E-state index contributed by atoms with van der Waals surface area (Å²) < 4.78 is 0. The second-order valence-corrected chi connectivity index (χ2v) is 12.0. The molecule has 0 N–H and O–H groups in total. The van der Waals surface area contributed by atoms with Gasteiger partial charge in [-0.25, -0.2) is 0 Å². The molecule has 0 aliphatic rings. The Balaban J connectivity index is 1.30. The molecule has 2 heteroatoms. The first-order valence-corrected chi connectivity index (χ1v) is 15.0. The molecule has 2 aromatic heterocycles. The zero-order valence-electron chi connectivity index (χ0n) is 21.6. The Morgan fingerprint density at radius 2 is 1.00 bits per heavy atom. The smallest absolute Gasteiger partial charge is 0.0449 e. The van der Waals surface area contributed by atoms with Crippen molar-refractivity contribution in [3.05, 3.63) is 120 Å². The molecule has 0 amide bonds. The summed E-state index contributed by atoms with van der Waals surface area (Å²) in [5, 5.41) is 8.23. The van der Waals surface area contributed by atoms with Crippen LogP contribution in [0.2, 0.25) is 0 Å². The lowest BCUT2D eigenvalue weighted by Gasteiger charge is -2.16. The van der Waals surface area contributed by atoms with E-state index in [-0.39, 0.29) is 0 Å². The zero-order valence-corrected chi connectivity index (χ0v) is 23.3. The van der Waals surface area contributed by atoms with Gasteiger partial charge in [-0.2, -0.15) is 0 Å². The standard InChI is InChI=1S/C36H28S2/c1-3-25-28-13-7-8-14-29(28)26(4-2)32-22-24(16-17-30(25)32)33-18-20-35(37-33)36-21-19-34(38-36)31-15-9-11-23-10-5-6-12-27(23)31/h5-22H,3-4H2,1-2H3. The lowest BCUT2D eigenvalue weighted by atomic mass is 9.88. The maximum atomic E-state index is 2.44. The molecule has 7 aromatic rings. The second kappa shape index (κ2) is 9.54. The average molecular weight is 525 g/mol. The van der Waals surface area contributed by atoms with E-state index in [1.54, 1.807) is 0 Å². The van der Waals surface area contributed by atoms with Gasteiger partial charge in [-0.05, 0) is 97.7 Å². The molecule has 5 aromatic carbocycles. The largest absolute Gasteiger partial charge is 0.134 e. The van der Waals surface area contributed by atoms with E-state index in [4.69, 9.17) is 0 Å². The van der Waals surface area contributed by atoms with E-state index in [2.05, 4.69) is 123 Å². The van der Waals surface area contributed by atoms with Gasteiger partial charge in [-0.15, -0.1) is 22.7 Å². The van der Waals surface area contributed by atoms with Crippen molar-refractivity contribution in [3.8, 4) is 30.6 Å². The fraction of sp³-hybridized carbons (Fsp3) is 0.111. The van der Waals surface area contributed by atoms with Gasteiger partial charge in [0, 0.05) is 19.5 Å². The number of aryl methyl sites for hydroxylation is 2. The number of fused-ring (bicyclic) bond motifs is 3. The van der Waals surface area contributed by atoms with Crippen LogP contribution in [0.25, 0.3) is 63.0 Å². The van der Waals surface area contributed by atoms with E-state index in [0.717, 1.165) is 12.8 Å². The highest BCUT2D eigenvalue weighted by atomic mass is 32.1. The third-order valence-corrected chi connectivity index (χ3v) is 10.2. The molecule has 0 aliphatic carbocycles. The number of rotatable bonds is 5. The molecule has 0 nitrogen and oxygen atoms in total. The first kappa shape index (κ1) is 23.4. The van der Waals surface area contributed by atoms with E-state index >= 15 is 0 Å². The minimum atomic E-state index is 1.03. The Morgan fingerprint density at radius 3 is 1.74 bits per heavy atom. The topological polar surface area (TPSA) is 0 Å². The highest BCUT2D eigenvalue weighted by Crippen LogP contribution is 2.43. The highest BCUT2D eigenvalue weighted by molar-refractivity contribution is 7.25. The van der Waals surface area contributed by atoms with E-state index in [0.29, 0.717) is 0 Å². The van der Waals surface area contributed by atoms with Gasteiger partial charge in [-0.1, -0.05) is 92.7 Å². The Morgan fingerprint density at radius 1 is 0.447 bits per heavy atom. The predicted octanol–water partition coefficient (Wildman–Crippen LogP) is 11.4. The van der Waals surface area contributed by atoms with Crippen LogP contribution in [-0.2, 0) is 12.8 Å². The van der Waals surface area contributed by atoms with Crippen LogP contribution in [0.1, 0.15) is 25.0 Å². The van der Waals surface area contributed by atoms with E-state index in [9.17, 15) is 0 Å². The number of thiophene rings is 2. The molecule has 0 unspecified atom stereocenters. The van der Waals surface area contributed by atoms with Gasteiger partial charge in [0.15, 0.2) is 0 Å². The van der Waals surface area contributed by atoms with E-state index < -0.39 is 0 Å². The third-order valence-electron chi connectivity index (χ3n) is 7.75. The second-order valence-electron chi connectivity index (χ2n) is 9.82. The Kier molecular flexibility index (Phi) is 5.88. The van der Waals surface area contributed by atoms with Crippen LogP contribution in [0.5, 0.6) is 0 Å². The molecule has 0 spiro atoms. The van der Waals surface area contributed by atoms with Gasteiger partial charge in [0.1, 0.15) is 0 Å². The summed E-state index contributed by atoms with van der Waals surface area (Å²) in [7, 11) is 0. The minimum Gasteiger partial charge on any atom is -0.134 e. The van der Waals surface area contributed by atoms with Crippen molar-refractivity contribution >= 4 is 55.0 Å². The predicted molar refractivity (Wildman–Crippen MR) is 170 cm³/mol. The SMILES string of the molecule is CCc1c2ccccc2c(CC)c2cc(-c3ccc(-c4ccc(-c5cccc6ccccc56)s4)s3)ccc12. The first-order valence-electron chi connectivity index (χ1n) is 13.4. The highest BCUT2D eigenvalue weighted by Gasteiger charge is 2.15. The Bertz CT molecular complexity index is 1940. The summed E-state index contributed by atoms with van der Waals surface area (Å²) in [5.74, 6) is 0. The molecule has 0 saturated heterocycles. The summed E-state index contributed by atoms with van der Waals surface area (Å²) in [6.07, 6.45) is 2.08. The van der Waals surface area contributed by atoms with Crippen LogP contribution >= 0.6 is 22.7 Å². The summed E-state index contributed by atoms with van der Waals surface area (Å²) in [6, 6.07) is 40.5. The monoisotopic (exact) mass is 524 g/mol. The van der Waals surface area contributed by atoms with Gasteiger partial charge in [0.05, 0.1) is 0 Å². The van der Waals surface area contributed by atoms with Crippen molar-refractivity contribution in [2.45, 2.75) is 26.7 Å². The Hall–Kier alpha value is -3.72. The normalized spacial score (nSPS) is 11.6. The number of hydrogen-bond donors (Lipinski definition) is 0. The molecule has 0 saturated carbocycles. The van der Waals surface area contributed by atoms with Gasteiger partial charge < -0.3 is 0 Å². The maximum Gasteiger partial charge on any atom is 0.0449 e. The van der Waals surface area contributed by atoms with Gasteiger partial charge in [0.25, 0.3) is 0 Å². The lowest BCUT2D eigenvalue weighted by molar-refractivity contribution is 1.15. The third kappa shape index (κ3) is 3.79. The maximum absolute atomic E-state index is 2.44. The Labute approximate surface area is 231 Å². The van der Waals surface area contributed by atoms with Crippen LogP contribution in [0, 0.1) is 0 Å². The van der Waals surface area contributed by atoms with Gasteiger partial charge >= 0.3 is 0 Å². The summed E-state index contributed by atoms with van der Waals surface area (Å²) >= 11 is 3.79. The number of hydrogen-bond acceptors (Lipinski definition) is 2. The molecule has 0 aliphatic heterocycles. The fourth-order valence-electron chi connectivity index (χ4n) is 5.95. The molecule has 0 bridgehead atoms. The van der Waals surface area contributed by atoms with Gasteiger partial charge in [0.2, 0.25) is 0 Å². The minimum absolute atomic E-state index is 1.03. The van der Waals surface area contributed by atoms with Crippen molar-refractivity contribution in [1.82, 2.24) is 0 Å². The van der Waals surface area contributed by atoms with Gasteiger partial charge in [-0.3, -0.25) is 0 Å². The molecular formula is C36H28S2. The average Bonchev–Trinajstić information content (AvgIpc) is 3.66. The quantitative estimate of drug-likeness (QED) is 0.196. The molecule has 0 atom stereocenters. The van der Waals surface area contributed by atoms with Crippen LogP contribution < -0.4 is 0 Å². The van der Waals surface area contributed by atoms with Crippen molar-refractivity contribution in [1.29, 1.82) is 0 Å². The van der Waals surface area contributed by atoms with Crippen molar-refractivity contribution < 1.29 is 0 Å². The van der Waals surface area contributed by atoms with Crippen LogP contribution in [0.15, 0.2) is 109 Å². The lowest BCUT2D eigenvalue weighted by Crippen LogP contribution is -1.94. The molecule has 7 rings (SSSR count). The molecular weight excluding hydrogens is 497 g/mol. The summed E-state index contributed by atoms with van der Waals surface area (Å²) in [5.41, 5.74) is 5.55.